The molecule has 0 radical (unpaired) electrons. The van der Waals surface area contributed by atoms with Crippen molar-refractivity contribution < 1.29 is 28.9 Å². The van der Waals surface area contributed by atoms with Gasteiger partial charge in [-0.15, -0.1) is 0 Å². The number of pyridine rings is 1. The van der Waals surface area contributed by atoms with E-state index in [1.54, 1.807) is 37.5 Å². The van der Waals surface area contributed by atoms with Crippen LogP contribution in [0.2, 0.25) is 0 Å². The average Bonchev–Trinajstić information content (AvgIpc) is 3.26. The van der Waals surface area contributed by atoms with Crippen LogP contribution >= 0.6 is 0 Å². The maximum atomic E-state index is 14.1. The van der Waals surface area contributed by atoms with Crippen molar-refractivity contribution in [3.8, 4) is 28.5 Å². The van der Waals surface area contributed by atoms with Gasteiger partial charge in [-0.2, -0.15) is 0 Å². The van der Waals surface area contributed by atoms with Crippen molar-refractivity contribution in [1.29, 1.82) is 0 Å². The predicted molar refractivity (Wildman–Crippen MR) is 147 cm³/mol. The Labute approximate surface area is 230 Å². The summed E-state index contributed by atoms with van der Waals surface area (Å²) in [4.78, 5) is 32.5. The van der Waals surface area contributed by atoms with E-state index in [0.29, 0.717) is 28.3 Å². The summed E-state index contributed by atoms with van der Waals surface area (Å²) in [6.07, 6.45) is 0.330. The molecule has 0 saturated heterocycles. The van der Waals surface area contributed by atoms with Crippen LogP contribution in [0, 0.1) is 13.8 Å². The first-order valence-corrected chi connectivity index (χ1v) is 13.0. The highest BCUT2D eigenvalue weighted by atomic mass is 16.5. The van der Waals surface area contributed by atoms with Gasteiger partial charge in [-0.05, 0) is 62.4 Å². The molecule has 0 saturated carbocycles. The van der Waals surface area contributed by atoms with E-state index in [0.717, 1.165) is 33.7 Å². The van der Waals surface area contributed by atoms with Crippen LogP contribution in [-0.2, 0) is 17.0 Å². The topological polar surface area (TPSA) is 98.2 Å². The Hall–Kier alpha value is -4.69. The van der Waals surface area contributed by atoms with E-state index in [1.807, 2.05) is 50.2 Å². The van der Waals surface area contributed by atoms with Crippen molar-refractivity contribution in [2.24, 2.45) is 0 Å². The molecule has 0 fully saturated rings. The number of ketones is 1. The minimum Gasteiger partial charge on any atom is -0.488 e. The molecule has 3 aromatic carbocycles. The van der Waals surface area contributed by atoms with Crippen LogP contribution < -0.4 is 19.1 Å². The Kier molecular flexibility index (Phi) is 5.27. The lowest BCUT2D eigenvalue weighted by molar-refractivity contribution is -0.121. The fraction of sp³-hybridized carbons (Fsp3) is 0.219. The molecule has 4 aromatic rings. The normalized spacial score (nSPS) is 20.4. The third-order valence-electron chi connectivity index (χ3n) is 7.92. The summed E-state index contributed by atoms with van der Waals surface area (Å²) in [5.74, 6) is 1.05. The second-order valence-corrected chi connectivity index (χ2v) is 10.6. The fourth-order valence-corrected chi connectivity index (χ4v) is 5.71. The van der Waals surface area contributed by atoms with Gasteiger partial charge in [0, 0.05) is 41.1 Å². The van der Waals surface area contributed by atoms with Gasteiger partial charge in [0.15, 0.2) is 18.3 Å². The van der Waals surface area contributed by atoms with Crippen LogP contribution in [0.3, 0.4) is 0 Å². The number of aliphatic hydroxyl groups is 1. The van der Waals surface area contributed by atoms with Gasteiger partial charge in [0.25, 0.3) is 5.91 Å². The highest BCUT2D eigenvalue weighted by molar-refractivity contribution is 6.04. The Morgan fingerprint density at radius 1 is 0.950 bits per heavy atom. The number of likely N-dealkylation sites (N-methyl/N-ethyl adjacent to an activating group) is 1. The van der Waals surface area contributed by atoms with Gasteiger partial charge in [-0.1, -0.05) is 23.3 Å². The van der Waals surface area contributed by atoms with Crippen LogP contribution in [0.15, 0.2) is 66.9 Å². The van der Waals surface area contributed by atoms with Crippen LogP contribution in [0.1, 0.15) is 38.2 Å². The standard InChI is InChI=1S/C32H26N2O6/c1-17-4-7-25-22(10-17)29-20(15-38-25)12-21(14-33-29)32(37)23-11-18(2)5-8-26(23)40-31(32)30(36)19-6-9-27-24(13-19)34(3)28(35)16-39-27/h4-14,31,37H,15-16H2,1-3H3. The van der Waals surface area contributed by atoms with E-state index >= 15 is 0 Å². The van der Waals surface area contributed by atoms with Gasteiger partial charge in [0.1, 0.15) is 23.9 Å². The zero-order valence-electron chi connectivity index (χ0n) is 22.2. The van der Waals surface area contributed by atoms with E-state index in [2.05, 4.69) is 0 Å². The molecule has 2 unspecified atom stereocenters. The number of nitrogens with zero attached hydrogens (tertiary/aromatic N) is 2. The van der Waals surface area contributed by atoms with E-state index in [1.165, 1.54) is 4.90 Å². The quantitative estimate of drug-likeness (QED) is 0.387. The number of hydrogen-bond acceptors (Lipinski definition) is 7. The van der Waals surface area contributed by atoms with Crippen LogP contribution in [0.25, 0.3) is 11.3 Å². The molecule has 1 aromatic heterocycles. The molecule has 1 N–H and O–H groups in total. The number of carbonyl (C=O) groups excluding carboxylic acids is 2. The monoisotopic (exact) mass is 534 g/mol. The molecule has 0 aliphatic carbocycles. The van der Waals surface area contributed by atoms with Crippen molar-refractivity contribution in [2.75, 3.05) is 18.6 Å². The van der Waals surface area contributed by atoms with Crippen molar-refractivity contribution in [2.45, 2.75) is 32.2 Å². The molecule has 200 valence electrons. The number of Topliss-reactive ketones (excluding diaryl/α,β-unsaturated/α-hetero) is 1. The lowest BCUT2D eigenvalue weighted by Crippen LogP contribution is -2.45. The number of ether oxygens (including phenoxy) is 3. The first-order valence-electron chi connectivity index (χ1n) is 13.0. The maximum Gasteiger partial charge on any atom is 0.264 e. The first-order chi connectivity index (χ1) is 19.2. The molecule has 7 rings (SSSR count). The van der Waals surface area contributed by atoms with Crippen molar-refractivity contribution in [1.82, 2.24) is 4.98 Å². The molecule has 0 spiro atoms. The molecule has 8 heteroatoms. The van der Waals surface area contributed by atoms with Gasteiger partial charge in [-0.25, -0.2) is 0 Å². The molecule has 2 atom stereocenters. The molecule has 3 aliphatic heterocycles. The van der Waals surface area contributed by atoms with Crippen molar-refractivity contribution in [3.63, 3.8) is 0 Å². The zero-order valence-corrected chi connectivity index (χ0v) is 22.2. The second-order valence-electron chi connectivity index (χ2n) is 10.6. The number of benzene rings is 3. The third-order valence-corrected chi connectivity index (χ3v) is 7.92. The minimum absolute atomic E-state index is 0.0595. The van der Waals surface area contributed by atoms with Gasteiger partial charge in [0.2, 0.25) is 5.78 Å². The smallest absolute Gasteiger partial charge is 0.264 e. The first kappa shape index (κ1) is 24.4. The zero-order chi connectivity index (χ0) is 27.8. The van der Waals surface area contributed by atoms with Gasteiger partial charge >= 0.3 is 0 Å². The third kappa shape index (κ3) is 3.53. The lowest BCUT2D eigenvalue weighted by Gasteiger charge is -2.31. The molecular formula is C32H26N2O6. The number of anilines is 1. The van der Waals surface area contributed by atoms with Crippen molar-refractivity contribution in [3.05, 3.63) is 100 Å². The summed E-state index contributed by atoms with van der Waals surface area (Å²) < 4.78 is 17.7. The minimum atomic E-state index is -1.82. The molecule has 1 amide bonds. The highest BCUT2D eigenvalue weighted by Gasteiger charge is 2.53. The number of aryl methyl sites for hydroxylation is 2. The number of aromatic nitrogens is 1. The van der Waals surface area contributed by atoms with E-state index in [-0.39, 0.29) is 24.7 Å². The Balaban J connectivity index is 1.34. The summed E-state index contributed by atoms with van der Waals surface area (Å²) in [5.41, 5.74) is 4.36. The molecule has 4 heterocycles. The SMILES string of the molecule is Cc1ccc2c(c1)-c1ncc(C3(O)c4cc(C)ccc4OC3C(=O)c3ccc4c(c3)N(C)C(=O)CO4)cc1CO2. The molecule has 8 nitrogen and oxygen atoms in total. The number of hydrogen-bond donors (Lipinski definition) is 1. The Morgan fingerprint density at radius 3 is 2.50 bits per heavy atom. The van der Waals surface area contributed by atoms with E-state index in [9.17, 15) is 14.7 Å². The fourth-order valence-electron chi connectivity index (χ4n) is 5.71. The summed E-state index contributed by atoms with van der Waals surface area (Å²) >= 11 is 0. The number of amides is 1. The van der Waals surface area contributed by atoms with Crippen LogP contribution in [-0.4, -0.2) is 41.5 Å². The Morgan fingerprint density at radius 2 is 1.68 bits per heavy atom. The lowest BCUT2D eigenvalue weighted by atomic mass is 9.80. The van der Waals surface area contributed by atoms with Crippen LogP contribution in [0.5, 0.6) is 17.2 Å². The summed E-state index contributed by atoms with van der Waals surface area (Å²) in [7, 11) is 1.64. The largest absolute Gasteiger partial charge is 0.488 e. The predicted octanol–water partition coefficient (Wildman–Crippen LogP) is 4.49. The van der Waals surface area contributed by atoms with Crippen LogP contribution in [0.4, 0.5) is 5.69 Å². The molecule has 40 heavy (non-hydrogen) atoms. The average molecular weight is 535 g/mol. The van der Waals surface area contributed by atoms with Crippen molar-refractivity contribution >= 4 is 17.4 Å². The molecule has 0 bridgehead atoms. The maximum absolute atomic E-state index is 14.1. The summed E-state index contributed by atoms with van der Waals surface area (Å²) in [5, 5.41) is 12.5. The van der Waals surface area contributed by atoms with Gasteiger partial charge < -0.3 is 24.2 Å². The second kappa shape index (κ2) is 8.66. The van der Waals surface area contributed by atoms with Gasteiger partial charge in [-0.3, -0.25) is 14.6 Å². The summed E-state index contributed by atoms with van der Waals surface area (Å²) in [6, 6.07) is 18.2. The van der Waals surface area contributed by atoms with Gasteiger partial charge in [0.05, 0.1) is 11.4 Å². The number of rotatable bonds is 3. The Bertz CT molecular complexity index is 1750. The number of carbonyl (C=O) groups is 2. The molecular weight excluding hydrogens is 508 g/mol. The van der Waals surface area contributed by atoms with E-state index in [4.69, 9.17) is 19.2 Å². The number of fused-ring (bicyclic) bond motifs is 5. The van der Waals surface area contributed by atoms with E-state index < -0.39 is 17.5 Å². The highest BCUT2D eigenvalue weighted by Crippen LogP contribution is 2.48. The molecule has 3 aliphatic rings. The summed E-state index contributed by atoms with van der Waals surface area (Å²) in [6.45, 7) is 4.16.